The second-order valence-corrected chi connectivity index (χ2v) is 4.17. The van der Waals surface area contributed by atoms with E-state index in [0.29, 0.717) is 11.8 Å². The Labute approximate surface area is 83.6 Å². The average molecular weight is 199 g/mol. The Morgan fingerprint density at radius 3 is 2.64 bits per heavy atom. The zero-order valence-corrected chi connectivity index (χ0v) is 8.24. The van der Waals surface area contributed by atoms with E-state index in [1.807, 2.05) is 0 Å². The fourth-order valence-electron chi connectivity index (χ4n) is 2.65. The third kappa shape index (κ3) is 1.91. The van der Waals surface area contributed by atoms with Crippen molar-refractivity contribution in [2.75, 3.05) is 19.8 Å². The van der Waals surface area contributed by atoms with E-state index in [4.69, 9.17) is 9.84 Å². The van der Waals surface area contributed by atoms with E-state index in [9.17, 15) is 4.79 Å². The van der Waals surface area contributed by atoms with Crippen molar-refractivity contribution in [3.63, 3.8) is 0 Å². The summed E-state index contributed by atoms with van der Waals surface area (Å²) in [6, 6.07) is -0.321. The summed E-state index contributed by atoms with van der Waals surface area (Å²) in [6.07, 6.45) is 3.05. The monoisotopic (exact) mass is 199 g/mol. The van der Waals surface area contributed by atoms with Crippen molar-refractivity contribution in [1.29, 1.82) is 0 Å². The number of ether oxygens (including phenoxy) is 1. The molecule has 2 aliphatic rings. The Kier molecular flexibility index (Phi) is 3.03. The minimum Gasteiger partial charge on any atom is -0.480 e. The molecule has 0 aromatic carbocycles. The van der Waals surface area contributed by atoms with Crippen LogP contribution in [0.1, 0.15) is 19.3 Å². The first-order valence-corrected chi connectivity index (χ1v) is 5.33. The summed E-state index contributed by atoms with van der Waals surface area (Å²) < 4.78 is 5.29. The van der Waals surface area contributed by atoms with Crippen LogP contribution in [0.25, 0.3) is 0 Å². The molecule has 80 valence electrons. The number of aliphatic carboxylic acids is 1. The van der Waals surface area contributed by atoms with E-state index in [2.05, 4.69) is 5.32 Å². The highest BCUT2D eigenvalue weighted by molar-refractivity contribution is 5.74. The maximum atomic E-state index is 11.0. The molecule has 0 saturated carbocycles. The summed E-state index contributed by atoms with van der Waals surface area (Å²) in [5, 5.41) is 12.1. The molecule has 0 spiro atoms. The van der Waals surface area contributed by atoms with E-state index in [0.717, 1.165) is 39.0 Å². The van der Waals surface area contributed by atoms with Crippen molar-refractivity contribution in [1.82, 2.24) is 5.32 Å². The minimum atomic E-state index is -0.695. The molecule has 2 unspecified atom stereocenters. The Balaban J connectivity index is 1.97. The van der Waals surface area contributed by atoms with Crippen molar-refractivity contribution in [2.24, 2.45) is 11.8 Å². The Hall–Kier alpha value is -0.610. The van der Waals surface area contributed by atoms with E-state index in [-0.39, 0.29) is 6.04 Å². The largest absolute Gasteiger partial charge is 0.480 e. The van der Waals surface area contributed by atoms with Gasteiger partial charge in [0.15, 0.2) is 0 Å². The molecule has 0 amide bonds. The fourth-order valence-corrected chi connectivity index (χ4v) is 2.65. The van der Waals surface area contributed by atoms with E-state index in [1.54, 1.807) is 0 Å². The number of hydrogen-bond donors (Lipinski definition) is 2. The van der Waals surface area contributed by atoms with Gasteiger partial charge in [-0.1, -0.05) is 0 Å². The van der Waals surface area contributed by atoms with Gasteiger partial charge in [0.05, 0.1) is 0 Å². The number of nitrogens with one attached hydrogen (secondary N) is 1. The number of carboxylic acids is 1. The maximum absolute atomic E-state index is 11.0. The molecule has 2 fully saturated rings. The number of hydrogen-bond acceptors (Lipinski definition) is 3. The molecule has 2 N–H and O–H groups in total. The maximum Gasteiger partial charge on any atom is 0.320 e. The summed E-state index contributed by atoms with van der Waals surface area (Å²) in [4.78, 5) is 11.0. The van der Waals surface area contributed by atoms with E-state index >= 15 is 0 Å². The lowest BCUT2D eigenvalue weighted by Gasteiger charge is -2.29. The van der Waals surface area contributed by atoms with Crippen LogP contribution in [0.2, 0.25) is 0 Å². The van der Waals surface area contributed by atoms with Gasteiger partial charge in [-0.25, -0.2) is 0 Å². The lowest BCUT2D eigenvalue weighted by Crippen LogP contribution is -2.39. The zero-order valence-electron chi connectivity index (χ0n) is 8.24. The molecule has 0 aromatic heterocycles. The van der Waals surface area contributed by atoms with Gasteiger partial charge in [-0.05, 0) is 37.6 Å². The van der Waals surface area contributed by atoms with Gasteiger partial charge >= 0.3 is 5.97 Å². The van der Waals surface area contributed by atoms with Crippen LogP contribution in [0.15, 0.2) is 0 Å². The highest BCUT2D eigenvalue weighted by Crippen LogP contribution is 2.31. The molecule has 2 heterocycles. The predicted octanol–water partition coefficient (Wildman–Crippen LogP) is 0.476. The van der Waals surface area contributed by atoms with Crippen molar-refractivity contribution in [2.45, 2.75) is 25.3 Å². The van der Waals surface area contributed by atoms with Crippen LogP contribution in [0.5, 0.6) is 0 Å². The Morgan fingerprint density at radius 1 is 1.29 bits per heavy atom. The van der Waals surface area contributed by atoms with Gasteiger partial charge in [0.25, 0.3) is 0 Å². The third-order valence-corrected chi connectivity index (χ3v) is 3.41. The van der Waals surface area contributed by atoms with Crippen molar-refractivity contribution < 1.29 is 14.6 Å². The molecule has 14 heavy (non-hydrogen) atoms. The quantitative estimate of drug-likeness (QED) is 0.679. The second-order valence-electron chi connectivity index (χ2n) is 4.17. The van der Waals surface area contributed by atoms with Crippen molar-refractivity contribution in [3.8, 4) is 0 Å². The molecule has 0 bridgehead atoms. The topological polar surface area (TPSA) is 58.6 Å². The molecule has 4 nitrogen and oxygen atoms in total. The smallest absolute Gasteiger partial charge is 0.320 e. The first-order chi connectivity index (χ1) is 6.79. The molecule has 2 saturated heterocycles. The van der Waals surface area contributed by atoms with Crippen LogP contribution < -0.4 is 5.32 Å². The average Bonchev–Trinajstić information content (AvgIpc) is 2.67. The zero-order chi connectivity index (χ0) is 9.97. The standard InChI is InChI=1S/C10H17NO3/c12-10(13)9-8(1-4-11-9)7-2-5-14-6-3-7/h7-9,11H,1-6H2,(H,12,13). The molecule has 2 atom stereocenters. The highest BCUT2D eigenvalue weighted by Gasteiger charge is 2.38. The molecular formula is C10H17NO3. The molecule has 2 aliphatic heterocycles. The summed E-state index contributed by atoms with van der Waals surface area (Å²) in [5.74, 6) is 0.162. The molecular weight excluding hydrogens is 182 g/mol. The van der Waals surface area contributed by atoms with Crippen LogP contribution >= 0.6 is 0 Å². The first kappa shape index (κ1) is 9.93. The molecule has 4 heteroatoms. The van der Waals surface area contributed by atoms with Gasteiger partial charge < -0.3 is 15.2 Å². The lowest BCUT2D eigenvalue weighted by atomic mass is 9.81. The molecule has 0 aliphatic carbocycles. The van der Waals surface area contributed by atoms with E-state index in [1.165, 1.54) is 0 Å². The lowest BCUT2D eigenvalue weighted by molar-refractivity contribution is -0.141. The van der Waals surface area contributed by atoms with Gasteiger partial charge in [0.1, 0.15) is 6.04 Å². The van der Waals surface area contributed by atoms with Gasteiger partial charge in [-0.3, -0.25) is 4.79 Å². The number of rotatable bonds is 2. The van der Waals surface area contributed by atoms with Gasteiger partial charge in [0.2, 0.25) is 0 Å². The van der Waals surface area contributed by atoms with Crippen LogP contribution in [0.4, 0.5) is 0 Å². The second kappa shape index (κ2) is 4.28. The third-order valence-electron chi connectivity index (χ3n) is 3.41. The summed E-state index contributed by atoms with van der Waals surface area (Å²) in [6.45, 7) is 2.44. The van der Waals surface area contributed by atoms with Crippen molar-refractivity contribution >= 4 is 5.97 Å². The number of carboxylic acid groups (broad SMARTS) is 1. The molecule has 0 radical (unpaired) electrons. The summed E-state index contributed by atoms with van der Waals surface area (Å²) in [5.41, 5.74) is 0. The Morgan fingerprint density at radius 2 is 2.00 bits per heavy atom. The predicted molar refractivity (Wildman–Crippen MR) is 51.1 cm³/mol. The fraction of sp³-hybridized carbons (Fsp3) is 0.900. The van der Waals surface area contributed by atoms with E-state index < -0.39 is 5.97 Å². The van der Waals surface area contributed by atoms with Crippen LogP contribution in [-0.2, 0) is 9.53 Å². The summed E-state index contributed by atoms with van der Waals surface area (Å²) >= 11 is 0. The van der Waals surface area contributed by atoms with Gasteiger partial charge in [0, 0.05) is 13.2 Å². The normalized spacial score (nSPS) is 34.6. The van der Waals surface area contributed by atoms with Gasteiger partial charge in [-0.15, -0.1) is 0 Å². The van der Waals surface area contributed by atoms with Crippen LogP contribution in [-0.4, -0.2) is 36.9 Å². The SMILES string of the molecule is O=C(O)C1NCCC1C1CCOCC1. The minimum absolute atomic E-state index is 0.316. The number of carbonyl (C=O) groups is 1. The van der Waals surface area contributed by atoms with Crippen molar-refractivity contribution in [3.05, 3.63) is 0 Å². The van der Waals surface area contributed by atoms with Gasteiger partial charge in [-0.2, -0.15) is 0 Å². The highest BCUT2D eigenvalue weighted by atomic mass is 16.5. The summed E-state index contributed by atoms with van der Waals surface area (Å²) in [7, 11) is 0. The Bertz CT molecular complexity index is 213. The van der Waals surface area contributed by atoms with Crippen LogP contribution in [0, 0.1) is 11.8 Å². The molecule has 0 aromatic rings. The molecule has 2 rings (SSSR count). The first-order valence-electron chi connectivity index (χ1n) is 5.33. The van der Waals surface area contributed by atoms with Crippen LogP contribution in [0.3, 0.4) is 0 Å².